The lowest BCUT2D eigenvalue weighted by molar-refractivity contribution is 0.386. The highest BCUT2D eigenvalue weighted by molar-refractivity contribution is 7.86. The molecule has 1 N–H and O–H groups in total. The van der Waals surface area contributed by atoms with Crippen molar-refractivity contribution in [3.05, 3.63) is 36.4 Å². The van der Waals surface area contributed by atoms with Crippen molar-refractivity contribution in [1.82, 2.24) is 0 Å². The predicted molar refractivity (Wildman–Crippen MR) is 135 cm³/mol. The maximum absolute atomic E-state index is 12.1. The number of hydrogen-bond donors (Lipinski definition) is 1. The molecule has 0 saturated heterocycles. The van der Waals surface area contributed by atoms with Crippen LogP contribution in [0, 0.1) is 0 Å². The van der Waals surface area contributed by atoms with Gasteiger partial charge in [-0.2, -0.15) is 8.42 Å². The summed E-state index contributed by atoms with van der Waals surface area (Å²) in [7, 11) is -1.85. The van der Waals surface area contributed by atoms with Crippen LogP contribution in [0.2, 0.25) is 0 Å². The molecule has 0 spiro atoms. The highest BCUT2D eigenvalue weighted by Crippen LogP contribution is 2.57. The van der Waals surface area contributed by atoms with Gasteiger partial charge in [-0.1, -0.05) is 70.7 Å². The van der Waals surface area contributed by atoms with Crippen molar-refractivity contribution in [3.63, 3.8) is 0 Å². The lowest BCUT2D eigenvalue weighted by Gasteiger charge is -2.39. The van der Waals surface area contributed by atoms with Gasteiger partial charge in [0.1, 0.15) is 10.6 Å². The maximum Gasteiger partial charge on any atom is 0.298 e. The van der Waals surface area contributed by atoms with Crippen LogP contribution in [0.25, 0.3) is 11.1 Å². The van der Waals surface area contributed by atoms with Crippen molar-refractivity contribution in [1.29, 1.82) is 0 Å². The number of benzene rings is 2. The largest absolute Gasteiger partial charge is 0.496 e. The highest BCUT2D eigenvalue weighted by atomic mass is 32.2. The monoisotopic (exact) mass is 490 g/mol. The van der Waals surface area contributed by atoms with Crippen LogP contribution in [0.5, 0.6) is 11.5 Å². The summed E-state index contributed by atoms with van der Waals surface area (Å²) >= 11 is 0. The van der Waals surface area contributed by atoms with Crippen LogP contribution in [0.15, 0.2) is 41.3 Å². The minimum absolute atomic E-state index is 0.145. The Labute approximate surface area is 199 Å². The first-order valence-electron chi connectivity index (χ1n) is 12.1. The molecular formula is C26H35O5PS. The Bertz CT molecular complexity index is 1040. The van der Waals surface area contributed by atoms with E-state index in [2.05, 4.69) is 18.2 Å². The molecule has 0 atom stereocenters. The second-order valence-electron chi connectivity index (χ2n) is 9.16. The molecule has 2 saturated carbocycles. The van der Waals surface area contributed by atoms with Gasteiger partial charge in [-0.25, -0.2) is 0 Å². The summed E-state index contributed by atoms with van der Waals surface area (Å²) in [6.07, 6.45) is 12.9. The Hall–Kier alpha value is -1.62. The van der Waals surface area contributed by atoms with Crippen LogP contribution in [0.4, 0.5) is 0 Å². The van der Waals surface area contributed by atoms with Crippen molar-refractivity contribution in [2.45, 2.75) is 80.4 Å². The highest BCUT2D eigenvalue weighted by Gasteiger charge is 2.35. The van der Waals surface area contributed by atoms with Gasteiger partial charge in [0.05, 0.1) is 19.8 Å². The Morgan fingerprint density at radius 1 is 0.818 bits per heavy atom. The first kappa shape index (κ1) is 24.5. The van der Waals surface area contributed by atoms with Gasteiger partial charge >= 0.3 is 0 Å². The van der Waals surface area contributed by atoms with E-state index in [-0.39, 0.29) is 10.6 Å². The molecule has 7 heteroatoms. The molecule has 2 aromatic carbocycles. The average Bonchev–Trinajstić information content (AvgIpc) is 2.84. The predicted octanol–water partition coefficient (Wildman–Crippen LogP) is 6.39. The Kier molecular flexibility index (Phi) is 7.99. The number of methoxy groups -OCH3 is 2. The van der Waals surface area contributed by atoms with E-state index in [1.807, 2.05) is 6.07 Å². The molecule has 0 unspecified atom stereocenters. The van der Waals surface area contributed by atoms with Gasteiger partial charge in [-0.05, 0) is 60.0 Å². The molecule has 0 aromatic heterocycles. The van der Waals surface area contributed by atoms with Crippen LogP contribution in [-0.2, 0) is 10.1 Å². The van der Waals surface area contributed by atoms with Crippen molar-refractivity contribution in [3.8, 4) is 22.6 Å². The van der Waals surface area contributed by atoms with Crippen LogP contribution in [-0.4, -0.2) is 38.5 Å². The van der Waals surface area contributed by atoms with Crippen molar-refractivity contribution in [2.24, 2.45) is 0 Å². The van der Waals surface area contributed by atoms with E-state index in [0.717, 1.165) is 5.56 Å². The molecule has 5 nitrogen and oxygen atoms in total. The van der Waals surface area contributed by atoms with Gasteiger partial charge in [0, 0.05) is 0 Å². The molecule has 0 bridgehead atoms. The fraction of sp³-hybridized carbons (Fsp3) is 0.538. The van der Waals surface area contributed by atoms with E-state index in [9.17, 15) is 13.0 Å². The van der Waals surface area contributed by atoms with E-state index < -0.39 is 18.0 Å². The minimum Gasteiger partial charge on any atom is -0.496 e. The van der Waals surface area contributed by atoms with E-state index in [1.165, 1.54) is 82.7 Å². The van der Waals surface area contributed by atoms with Gasteiger partial charge in [0.15, 0.2) is 5.75 Å². The summed E-state index contributed by atoms with van der Waals surface area (Å²) in [4.78, 5) is -0.227. The quantitative estimate of drug-likeness (QED) is 0.360. The minimum atomic E-state index is -4.45. The van der Waals surface area contributed by atoms with Gasteiger partial charge in [-0.15, -0.1) is 0 Å². The molecule has 2 fully saturated rings. The number of ether oxygens (including phenoxy) is 2. The SMILES string of the molecule is COc1ccc(S(=O)(=O)O)c(OC)c1-c1ccccc1P(C1CCCCC1)C1CCCCC1. The van der Waals surface area contributed by atoms with Gasteiger partial charge < -0.3 is 9.47 Å². The Balaban J connectivity index is 1.92. The standard InChI is InChI=1S/C26H35O5PS/c1-30-22-17-18-24(33(27,28)29)26(31-2)25(22)21-15-9-10-16-23(21)32(19-11-5-3-6-12-19)20-13-7-4-8-14-20/h9-10,15-20H,3-8,11-14H2,1-2H3,(H,27,28,29). The molecule has 2 aliphatic rings. The van der Waals surface area contributed by atoms with Crippen LogP contribution in [0.1, 0.15) is 64.2 Å². The second-order valence-corrected chi connectivity index (χ2v) is 13.3. The van der Waals surface area contributed by atoms with Gasteiger partial charge in [0.2, 0.25) is 0 Å². The summed E-state index contributed by atoms with van der Waals surface area (Å²) in [6, 6.07) is 11.4. The molecule has 2 aromatic rings. The summed E-state index contributed by atoms with van der Waals surface area (Å²) in [5.74, 6) is 0.695. The molecule has 180 valence electrons. The Morgan fingerprint density at radius 3 is 1.91 bits per heavy atom. The topological polar surface area (TPSA) is 72.8 Å². The molecule has 0 heterocycles. The van der Waals surface area contributed by atoms with Crippen molar-refractivity contribution < 1.29 is 22.4 Å². The summed E-state index contributed by atoms with van der Waals surface area (Å²) in [5.41, 5.74) is 2.98. The van der Waals surface area contributed by atoms with Gasteiger partial charge in [-0.3, -0.25) is 4.55 Å². The average molecular weight is 491 g/mol. The molecule has 2 aliphatic carbocycles. The second kappa shape index (κ2) is 10.8. The number of rotatable bonds is 7. The maximum atomic E-state index is 12.1. The molecule has 0 aliphatic heterocycles. The van der Waals surface area contributed by atoms with Crippen molar-refractivity contribution in [2.75, 3.05) is 14.2 Å². The smallest absolute Gasteiger partial charge is 0.298 e. The van der Waals surface area contributed by atoms with E-state index in [4.69, 9.17) is 9.47 Å². The first-order valence-corrected chi connectivity index (χ1v) is 15.0. The summed E-state index contributed by atoms with van der Waals surface area (Å²) < 4.78 is 45.5. The molecule has 4 rings (SSSR count). The number of hydrogen-bond acceptors (Lipinski definition) is 4. The third kappa shape index (κ3) is 5.23. The van der Waals surface area contributed by atoms with Crippen LogP contribution < -0.4 is 14.8 Å². The third-order valence-corrected chi connectivity index (χ3v) is 11.6. The zero-order valence-electron chi connectivity index (χ0n) is 19.6. The van der Waals surface area contributed by atoms with Gasteiger partial charge in [0.25, 0.3) is 10.1 Å². The Morgan fingerprint density at radius 2 is 1.39 bits per heavy atom. The first-order chi connectivity index (χ1) is 16.0. The normalized spacial score (nSPS) is 18.4. The lowest BCUT2D eigenvalue weighted by atomic mass is 9.99. The molecular weight excluding hydrogens is 455 g/mol. The summed E-state index contributed by atoms with van der Waals surface area (Å²) in [6.45, 7) is 0. The van der Waals surface area contributed by atoms with Crippen LogP contribution in [0.3, 0.4) is 0 Å². The molecule has 0 amide bonds. The zero-order chi connectivity index (χ0) is 23.4. The fourth-order valence-electron chi connectivity index (χ4n) is 5.70. The fourth-order valence-corrected chi connectivity index (χ4v) is 10.3. The summed E-state index contributed by atoms with van der Waals surface area (Å²) in [5, 5.41) is 1.32. The van der Waals surface area contributed by atoms with Crippen molar-refractivity contribution >= 4 is 23.3 Å². The van der Waals surface area contributed by atoms with Crippen LogP contribution >= 0.6 is 7.92 Å². The van der Waals surface area contributed by atoms with E-state index in [1.54, 1.807) is 13.2 Å². The lowest BCUT2D eigenvalue weighted by Crippen LogP contribution is -2.27. The zero-order valence-corrected chi connectivity index (χ0v) is 21.3. The third-order valence-electron chi connectivity index (χ3n) is 7.17. The van der Waals surface area contributed by atoms with E-state index in [0.29, 0.717) is 22.6 Å². The molecule has 33 heavy (non-hydrogen) atoms. The molecule has 0 radical (unpaired) electrons. The van der Waals surface area contributed by atoms with E-state index >= 15 is 0 Å².